The fourth-order valence-electron chi connectivity index (χ4n) is 3.29. The first kappa shape index (κ1) is 15.1. The Morgan fingerprint density at radius 2 is 1.95 bits per heavy atom. The van der Waals surface area contributed by atoms with E-state index in [-0.39, 0.29) is 11.9 Å². The Morgan fingerprint density at radius 3 is 2.45 bits per heavy atom. The number of carboxylic acid groups (broad SMARTS) is 1. The Hall–Kier alpha value is -1.26. The predicted molar refractivity (Wildman–Crippen MR) is 76.5 cm³/mol. The molecule has 2 atom stereocenters. The van der Waals surface area contributed by atoms with Gasteiger partial charge in [-0.25, -0.2) is 9.59 Å². The molecule has 0 aromatic heterocycles. The van der Waals surface area contributed by atoms with Gasteiger partial charge in [0, 0.05) is 19.6 Å². The summed E-state index contributed by atoms with van der Waals surface area (Å²) >= 11 is 0. The molecule has 20 heavy (non-hydrogen) atoms. The lowest BCUT2D eigenvalue weighted by molar-refractivity contribution is -0.145. The van der Waals surface area contributed by atoms with E-state index in [0.717, 1.165) is 19.4 Å². The van der Waals surface area contributed by atoms with Gasteiger partial charge in [0.25, 0.3) is 0 Å². The van der Waals surface area contributed by atoms with E-state index in [1.807, 2.05) is 18.7 Å². The van der Waals surface area contributed by atoms with Crippen LogP contribution in [0.4, 0.5) is 4.79 Å². The molecule has 114 valence electrons. The van der Waals surface area contributed by atoms with Gasteiger partial charge in [-0.3, -0.25) is 0 Å². The maximum Gasteiger partial charge on any atom is 0.326 e. The number of carbonyl (C=O) groups excluding carboxylic acids is 1. The SMILES string of the molecule is CCN(CC1CCC1)C(=O)N1CCCC(C)C1C(=O)O. The summed E-state index contributed by atoms with van der Waals surface area (Å²) in [5.41, 5.74) is 0. The zero-order valence-corrected chi connectivity index (χ0v) is 12.5. The van der Waals surface area contributed by atoms with E-state index in [9.17, 15) is 14.7 Å². The predicted octanol–water partition coefficient (Wildman–Crippen LogP) is 2.41. The third kappa shape index (κ3) is 3.07. The summed E-state index contributed by atoms with van der Waals surface area (Å²) in [4.78, 5) is 27.5. The maximum atomic E-state index is 12.7. The summed E-state index contributed by atoms with van der Waals surface area (Å²) in [7, 11) is 0. The Bertz CT molecular complexity index is 368. The molecule has 0 aromatic rings. The maximum absolute atomic E-state index is 12.7. The zero-order valence-electron chi connectivity index (χ0n) is 12.5. The van der Waals surface area contributed by atoms with Crippen LogP contribution in [-0.2, 0) is 4.79 Å². The first-order valence-corrected chi connectivity index (χ1v) is 7.83. The number of hydrogen-bond donors (Lipinski definition) is 1. The third-order valence-corrected chi connectivity index (χ3v) is 4.79. The van der Waals surface area contributed by atoms with E-state index in [2.05, 4.69) is 0 Å². The number of hydrogen-bond acceptors (Lipinski definition) is 2. The van der Waals surface area contributed by atoms with Gasteiger partial charge in [0.05, 0.1) is 0 Å². The molecule has 0 aromatic carbocycles. The van der Waals surface area contributed by atoms with Crippen molar-refractivity contribution >= 4 is 12.0 Å². The molecule has 1 saturated carbocycles. The fraction of sp³-hybridized carbons (Fsp3) is 0.867. The number of carboxylic acids is 1. The number of carbonyl (C=O) groups is 2. The molecule has 1 saturated heterocycles. The molecule has 2 unspecified atom stereocenters. The summed E-state index contributed by atoms with van der Waals surface area (Å²) in [5, 5.41) is 9.41. The van der Waals surface area contributed by atoms with Crippen LogP contribution in [0.5, 0.6) is 0 Å². The van der Waals surface area contributed by atoms with Crippen molar-refractivity contribution in [2.24, 2.45) is 11.8 Å². The Morgan fingerprint density at radius 1 is 1.25 bits per heavy atom. The average molecular weight is 282 g/mol. The quantitative estimate of drug-likeness (QED) is 0.861. The van der Waals surface area contributed by atoms with E-state index < -0.39 is 12.0 Å². The normalized spacial score (nSPS) is 27.0. The molecule has 2 amide bonds. The molecule has 1 N–H and O–H groups in total. The summed E-state index contributed by atoms with van der Waals surface area (Å²) in [5.74, 6) is -0.220. The summed E-state index contributed by atoms with van der Waals surface area (Å²) in [6.45, 7) is 5.92. The minimum absolute atomic E-state index is 0.0348. The van der Waals surface area contributed by atoms with E-state index in [1.165, 1.54) is 19.3 Å². The van der Waals surface area contributed by atoms with Crippen LogP contribution in [0.1, 0.15) is 46.0 Å². The Balaban J connectivity index is 2.05. The van der Waals surface area contributed by atoms with Crippen molar-refractivity contribution in [2.75, 3.05) is 19.6 Å². The van der Waals surface area contributed by atoms with Crippen molar-refractivity contribution in [3.8, 4) is 0 Å². The molecule has 5 nitrogen and oxygen atoms in total. The number of amides is 2. The van der Waals surface area contributed by atoms with Crippen LogP contribution in [0.15, 0.2) is 0 Å². The van der Waals surface area contributed by atoms with Crippen LogP contribution in [0.3, 0.4) is 0 Å². The minimum Gasteiger partial charge on any atom is -0.480 e. The number of rotatable bonds is 4. The summed E-state index contributed by atoms with van der Waals surface area (Å²) < 4.78 is 0. The van der Waals surface area contributed by atoms with Crippen molar-refractivity contribution in [1.29, 1.82) is 0 Å². The number of likely N-dealkylation sites (tertiary alicyclic amines) is 1. The Kier molecular flexibility index (Phi) is 4.89. The third-order valence-electron chi connectivity index (χ3n) is 4.79. The lowest BCUT2D eigenvalue weighted by atomic mass is 9.85. The molecule has 2 aliphatic rings. The largest absolute Gasteiger partial charge is 0.480 e. The van der Waals surface area contributed by atoms with Crippen LogP contribution >= 0.6 is 0 Å². The summed E-state index contributed by atoms with van der Waals surface area (Å²) in [6, 6.07) is -0.745. The molecule has 0 bridgehead atoms. The molecular weight excluding hydrogens is 256 g/mol. The second-order valence-corrected chi connectivity index (χ2v) is 6.21. The van der Waals surface area contributed by atoms with E-state index in [0.29, 0.717) is 19.0 Å². The molecule has 1 aliphatic heterocycles. The second-order valence-electron chi connectivity index (χ2n) is 6.21. The standard InChI is InChI=1S/C15H26N2O3/c1-3-16(10-12-7-4-8-12)15(20)17-9-5-6-11(2)13(17)14(18)19/h11-13H,3-10H2,1-2H3,(H,18,19). The first-order chi connectivity index (χ1) is 9.54. The van der Waals surface area contributed by atoms with Crippen LogP contribution < -0.4 is 0 Å². The van der Waals surface area contributed by atoms with E-state index >= 15 is 0 Å². The van der Waals surface area contributed by atoms with E-state index in [1.54, 1.807) is 4.90 Å². The topological polar surface area (TPSA) is 60.9 Å². The van der Waals surface area contributed by atoms with Gasteiger partial charge in [-0.15, -0.1) is 0 Å². The Labute approximate surface area is 120 Å². The number of nitrogens with zero attached hydrogens (tertiary/aromatic N) is 2. The molecule has 2 fully saturated rings. The van der Waals surface area contributed by atoms with Crippen molar-refractivity contribution in [1.82, 2.24) is 9.80 Å². The monoisotopic (exact) mass is 282 g/mol. The van der Waals surface area contributed by atoms with Gasteiger partial charge in [-0.2, -0.15) is 0 Å². The van der Waals surface area contributed by atoms with Crippen LogP contribution in [0.2, 0.25) is 0 Å². The van der Waals surface area contributed by atoms with Gasteiger partial charge in [-0.1, -0.05) is 13.3 Å². The second kappa shape index (κ2) is 6.46. The summed E-state index contributed by atoms with van der Waals surface area (Å²) in [6.07, 6.45) is 5.44. The minimum atomic E-state index is -0.870. The fourth-order valence-corrected chi connectivity index (χ4v) is 3.29. The van der Waals surface area contributed by atoms with Crippen LogP contribution in [0.25, 0.3) is 0 Å². The molecule has 0 radical (unpaired) electrons. The molecule has 0 spiro atoms. The van der Waals surface area contributed by atoms with Gasteiger partial charge in [0.1, 0.15) is 6.04 Å². The highest BCUT2D eigenvalue weighted by molar-refractivity contribution is 5.83. The average Bonchev–Trinajstić information content (AvgIpc) is 2.36. The molecular formula is C15H26N2O3. The smallest absolute Gasteiger partial charge is 0.326 e. The molecule has 1 heterocycles. The number of piperidine rings is 1. The number of aliphatic carboxylic acids is 1. The highest BCUT2D eigenvalue weighted by Crippen LogP contribution is 2.29. The van der Waals surface area contributed by atoms with Crippen molar-refractivity contribution in [3.05, 3.63) is 0 Å². The van der Waals surface area contributed by atoms with Crippen molar-refractivity contribution in [2.45, 2.75) is 52.0 Å². The molecule has 2 rings (SSSR count). The van der Waals surface area contributed by atoms with Crippen molar-refractivity contribution in [3.63, 3.8) is 0 Å². The van der Waals surface area contributed by atoms with Gasteiger partial charge < -0.3 is 14.9 Å². The highest BCUT2D eigenvalue weighted by Gasteiger charge is 2.39. The van der Waals surface area contributed by atoms with Crippen LogP contribution in [-0.4, -0.2) is 52.6 Å². The van der Waals surface area contributed by atoms with E-state index in [4.69, 9.17) is 0 Å². The zero-order chi connectivity index (χ0) is 14.7. The lowest BCUT2D eigenvalue weighted by Gasteiger charge is -2.41. The first-order valence-electron chi connectivity index (χ1n) is 7.83. The van der Waals surface area contributed by atoms with Gasteiger partial charge in [-0.05, 0) is 44.4 Å². The molecule has 5 heteroatoms. The lowest BCUT2D eigenvalue weighted by Crippen LogP contribution is -2.56. The van der Waals surface area contributed by atoms with Gasteiger partial charge in [0.2, 0.25) is 0 Å². The van der Waals surface area contributed by atoms with Crippen LogP contribution in [0, 0.1) is 11.8 Å². The molecule has 1 aliphatic carbocycles. The van der Waals surface area contributed by atoms with Crippen molar-refractivity contribution < 1.29 is 14.7 Å². The number of urea groups is 1. The van der Waals surface area contributed by atoms with Gasteiger partial charge in [0.15, 0.2) is 0 Å². The van der Waals surface area contributed by atoms with Gasteiger partial charge >= 0.3 is 12.0 Å². The highest BCUT2D eigenvalue weighted by atomic mass is 16.4.